The zero-order valence-corrected chi connectivity index (χ0v) is 12.3. The summed E-state index contributed by atoms with van der Waals surface area (Å²) < 4.78 is 1.74. The van der Waals surface area contributed by atoms with Crippen molar-refractivity contribution in [1.82, 2.24) is 19.6 Å². The van der Waals surface area contributed by atoms with Gasteiger partial charge in [0.25, 0.3) is 0 Å². The van der Waals surface area contributed by atoms with Crippen molar-refractivity contribution >= 4 is 16.3 Å². The van der Waals surface area contributed by atoms with Crippen LogP contribution in [0.1, 0.15) is 24.5 Å². The predicted molar refractivity (Wildman–Crippen MR) is 78.6 cm³/mol. The summed E-state index contributed by atoms with van der Waals surface area (Å²) in [6.45, 7) is 4.23. The lowest BCUT2D eigenvalue weighted by molar-refractivity contribution is 0.275. The molecule has 1 N–H and O–H groups in total. The highest BCUT2D eigenvalue weighted by Gasteiger charge is 2.18. The van der Waals surface area contributed by atoms with Crippen molar-refractivity contribution in [2.75, 3.05) is 0 Å². The Labute approximate surface area is 120 Å². The Morgan fingerprint density at radius 3 is 2.85 bits per heavy atom. The summed E-state index contributed by atoms with van der Waals surface area (Å²) in [6.07, 6.45) is 2.65. The van der Waals surface area contributed by atoms with Crippen LogP contribution in [0.3, 0.4) is 0 Å². The Morgan fingerprint density at radius 1 is 1.35 bits per heavy atom. The van der Waals surface area contributed by atoms with Crippen LogP contribution in [0.5, 0.6) is 0 Å². The number of fused-ring (bicyclic) bond motifs is 1. The van der Waals surface area contributed by atoms with Crippen molar-refractivity contribution in [3.05, 3.63) is 35.1 Å². The summed E-state index contributed by atoms with van der Waals surface area (Å²) in [4.78, 5) is 9.68. The molecule has 0 saturated carbocycles. The van der Waals surface area contributed by atoms with Crippen LogP contribution in [0.2, 0.25) is 0 Å². The van der Waals surface area contributed by atoms with E-state index in [9.17, 15) is 5.11 Å². The normalized spacial score (nSPS) is 11.6. The molecular formula is C14H16N4OS. The SMILES string of the molecule is CC(C)Cc1nn2c(CO)c(-c3ccccn3)nc2s1. The van der Waals surface area contributed by atoms with Crippen molar-refractivity contribution < 1.29 is 5.11 Å². The largest absolute Gasteiger partial charge is 0.390 e. The van der Waals surface area contributed by atoms with Crippen LogP contribution in [0.25, 0.3) is 16.3 Å². The van der Waals surface area contributed by atoms with Gasteiger partial charge < -0.3 is 5.11 Å². The maximum absolute atomic E-state index is 9.63. The third-order valence-corrected chi connectivity index (χ3v) is 3.91. The van der Waals surface area contributed by atoms with Gasteiger partial charge in [0.05, 0.1) is 18.0 Å². The summed E-state index contributed by atoms with van der Waals surface area (Å²) in [5.74, 6) is 0.554. The molecule has 0 unspecified atom stereocenters. The van der Waals surface area contributed by atoms with E-state index < -0.39 is 0 Å². The number of aliphatic hydroxyl groups is 1. The highest BCUT2D eigenvalue weighted by Crippen LogP contribution is 2.26. The van der Waals surface area contributed by atoms with Gasteiger partial charge in [0.1, 0.15) is 10.7 Å². The summed E-state index contributed by atoms with van der Waals surface area (Å²) in [7, 11) is 0. The molecule has 0 aliphatic carbocycles. The number of imidazole rings is 1. The molecule has 104 valence electrons. The second-order valence-corrected chi connectivity index (χ2v) is 6.11. The first-order chi connectivity index (χ1) is 9.69. The number of nitrogens with zero attached hydrogens (tertiary/aromatic N) is 4. The molecule has 20 heavy (non-hydrogen) atoms. The maximum atomic E-state index is 9.63. The van der Waals surface area contributed by atoms with Gasteiger partial charge in [-0.15, -0.1) is 0 Å². The van der Waals surface area contributed by atoms with Gasteiger partial charge in [-0.05, 0) is 18.1 Å². The van der Waals surface area contributed by atoms with Crippen molar-refractivity contribution in [2.45, 2.75) is 26.9 Å². The summed E-state index contributed by atoms with van der Waals surface area (Å²) in [6, 6.07) is 5.66. The highest BCUT2D eigenvalue weighted by molar-refractivity contribution is 7.16. The van der Waals surface area contributed by atoms with Gasteiger partial charge >= 0.3 is 0 Å². The number of hydrogen-bond acceptors (Lipinski definition) is 5. The van der Waals surface area contributed by atoms with E-state index in [1.165, 1.54) is 0 Å². The van der Waals surface area contributed by atoms with Gasteiger partial charge in [-0.2, -0.15) is 5.10 Å². The highest BCUT2D eigenvalue weighted by atomic mass is 32.1. The van der Waals surface area contributed by atoms with Crippen LogP contribution >= 0.6 is 11.3 Å². The van der Waals surface area contributed by atoms with Crippen molar-refractivity contribution in [2.24, 2.45) is 5.92 Å². The van der Waals surface area contributed by atoms with E-state index in [-0.39, 0.29) is 6.61 Å². The van der Waals surface area contributed by atoms with Crippen molar-refractivity contribution in [3.8, 4) is 11.4 Å². The lowest BCUT2D eigenvalue weighted by Gasteiger charge is -2.00. The fraction of sp³-hybridized carbons (Fsp3) is 0.357. The molecule has 0 radical (unpaired) electrons. The molecule has 3 aromatic heterocycles. The number of rotatable bonds is 4. The van der Waals surface area contributed by atoms with Gasteiger partial charge in [0.15, 0.2) is 0 Å². The van der Waals surface area contributed by atoms with Crippen LogP contribution in [0.4, 0.5) is 0 Å². The molecule has 3 heterocycles. The van der Waals surface area contributed by atoms with Crippen LogP contribution in [0.15, 0.2) is 24.4 Å². The zero-order valence-electron chi connectivity index (χ0n) is 11.4. The summed E-state index contributed by atoms with van der Waals surface area (Å²) in [5, 5.41) is 15.2. The first-order valence-corrected chi connectivity index (χ1v) is 7.40. The Kier molecular flexibility index (Phi) is 3.50. The Balaban J connectivity index is 2.09. The average Bonchev–Trinajstić information content (AvgIpc) is 2.95. The smallest absolute Gasteiger partial charge is 0.213 e. The average molecular weight is 288 g/mol. The van der Waals surface area contributed by atoms with E-state index in [2.05, 4.69) is 28.9 Å². The van der Waals surface area contributed by atoms with Gasteiger partial charge in [0, 0.05) is 12.6 Å². The molecule has 0 spiro atoms. The van der Waals surface area contributed by atoms with E-state index in [0.29, 0.717) is 17.3 Å². The van der Waals surface area contributed by atoms with Crippen molar-refractivity contribution in [1.29, 1.82) is 0 Å². The second kappa shape index (κ2) is 5.30. The number of aromatic nitrogens is 4. The topological polar surface area (TPSA) is 63.3 Å². The first-order valence-electron chi connectivity index (χ1n) is 6.58. The van der Waals surface area contributed by atoms with E-state index >= 15 is 0 Å². The summed E-state index contributed by atoms with van der Waals surface area (Å²) in [5.41, 5.74) is 2.17. The molecule has 0 aliphatic rings. The van der Waals surface area contributed by atoms with Gasteiger partial charge in [-0.25, -0.2) is 9.50 Å². The van der Waals surface area contributed by atoms with Crippen LogP contribution in [-0.2, 0) is 13.0 Å². The van der Waals surface area contributed by atoms with E-state index in [0.717, 1.165) is 22.1 Å². The number of hydrogen-bond donors (Lipinski definition) is 1. The molecule has 5 nitrogen and oxygen atoms in total. The fourth-order valence-corrected chi connectivity index (χ4v) is 3.24. The Hall–Kier alpha value is -1.79. The Bertz CT molecular complexity index is 717. The molecule has 0 saturated heterocycles. The van der Waals surface area contributed by atoms with Gasteiger partial charge in [-0.3, -0.25) is 4.98 Å². The van der Waals surface area contributed by atoms with Crippen LogP contribution in [0, 0.1) is 5.92 Å². The molecule has 0 atom stereocenters. The number of aliphatic hydroxyl groups excluding tert-OH is 1. The molecule has 0 aromatic carbocycles. The molecule has 0 amide bonds. The van der Waals surface area contributed by atoms with E-state index in [1.807, 2.05) is 18.2 Å². The minimum atomic E-state index is -0.0993. The minimum Gasteiger partial charge on any atom is -0.390 e. The predicted octanol–water partition coefficient (Wildman–Crippen LogP) is 2.54. The second-order valence-electron chi connectivity index (χ2n) is 5.07. The molecule has 6 heteroatoms. The maximum Gasteiger partial charge on any atom is 0.213 e. The summed E-state index contributed by atoms with van der Waals surface area (Å²) >= 11 is 1.57. The van der Waals surface area contributed by atoms with Crippen molar-refractivity contribution in [3.63, 3.8) is 0 Å². The first kappa shape index (κ1) is 13.2. The lowest BCUT2D eigenvalue weighted by atomic mass is 10.1. The van der Waals surface area contributed by atoms with Gasteiger partial charge in [0.2, 0.25) is 4.96 Å². The lowest BCUT2D eigenvalue weighted by Crippen LogP contribution is -1.99. The molecule has 3 rings (SSSR count). The molecule has 0 aliphatic heterocycles. The number of pyridine rings is 1. The standard InChI is InChI=1S/C14H16N4OS/c1-9(2)7-12-17-18-11(8-19)13(16-14(18)20-12)10-5-3-4-6-15-10/h3-6,9,19H,7-8H2,1-2H3. The quantitative estimate of drug-likeness (QED) is 0.801. The van der Waals surface area contributed by atoms with Crippen LogP contribution in [-0.4, -0.2) is 24.7 Å². The van der Waals surface area contributed by atoms with Crippen LogP contribution < -0.4 is 0 Å². The monoisotopic (exact) mass is 288 g/mol. The molecule has 3 aromatic rings. The molecular weight excluding hydrogens is 272 g/mol. The minimum absolute atomic E-state index is 0.0993. The zero-order chi connectivity index (χ0) is 14.1. The molecule has 0 fully saturated rings. The van der Waals surface area contributed by atoms with E-state index in [1.54, 1.807) is 22.0 Å². The Morgan fingerprint density at radius 2 is 2.20 bits per heavy atom. The fourth-order valence-electron chi connectivity index (χ4n) is 2.11. The van der Waals surface area contributed by atoms with Gasteiger partial charge in [-0.1, -0.05) is 31.3 Å². The third kappa shape index (κ3) is 2.32. The third-order valence-electron chi connectivity index (χ3n) is 2.98. The molecule has 0 bridgehead atoms. The van der Waals surface area contributed by atoms with E-state index in [4.69, 9.17) is 0 Å².